The summed E-state index contributed by atoms with van der Waals surface area (Å²) in [6, 6.07) is -0.243. The number of methoxy groups -OCH3 is 2. The molecule has 3 fully saturated rings. The van der Waals surface area contributed by atoms with Crippen LogP contribution in [0.5, 0.6) is 0 Å². The zero-order valence-electron chi connectivity index (χ0n) is 36.1. The smallest absolute Gasteiger partial charge is 0.311 e. The third-order valence-corrected chi connectivity index (χ3v) is 12.6. The van der Waals surface area contributed by atoms with E-state index in [1.54, 1.807) is 27.7 Å². The molecule has 0 amide bonds. The van der Waals surface area contributed by atoms with E-state index >= 15 is 0 Å². The van der Waals surface area contributed by atoms with Gasteiger partial charge in [-0.2, -0.15) is 0 Å². The van der Waals surface area contributed by atoms with Crippen molar-refractivity contribution in [1.29, 1.82) is 0 Å². The van der Waals surface area contributed by atoms with Crippen molar-refractivity contribution in [2.75, 3.05) is 28.3 Å². The summed E-state index contributed by atoms with van der Waals surface area (Å²) in [5, 5.41) is 0. The first-order chi connectivity index (χ1) is 26.1. The van der Waals surface area contributed by atoms with Crippen molar-refractivity contribution in [3.8, 4) is 0 Å². The van der Waals surface area contributed by atoms with Gasteiger partial charge in [0.2, 0.25) is 0 Å². The highest BCUT2D eigenvalue weighted by molar-refractivity contribution is 5.92. The number of fused-ring (bicyclic) bond motifs is 2. The topological polar surface area (TPSA) is 164 Å². The number of allylic oxidation sites excluding steroid dienone is 1. The second-order valence-electron chi connectivity index (χ2n) is 17.1. The maximum absolute atomic E-state index is 14.4. The minimum absolute atomic E-state index is 0.148. The molecule has 15 nitrogen and oxygen atoms in total. The lowest BCUT2D eigenvalue weighted by atomic mass is 9.79. The molecule has 0 spiro atoms. The van der Waals surface area contributed by atoms with Crippen molar-refractivity contribution in [1.82, 2.24) is 4.90 Å². The number of likely N-dealkylation sites (N-methyl/N-ethyl adjacent to an activating group) is 1. The summed E-state index contributed by atoms with van der Waals surface area (Å²) in [5.41, 5.74) is -2.79. The zero-order valence-corrected chi connectivity index (χ0v) is 36.1. The second kappa shape index (κ2) is 18.1. The fourth-order valence-electron chi connectivity index (χ4n) is 9.38. The summed E-state index contributed by atoms with van der Waals surface area (Å²) in [5.74, 6) is -3.31. The molecule has 4 aliphatic heterocycles. The Hall–Kier alpha value is -2.66. The van der Waals surface area contributed by atoms with Crippen molar-refractivity contribution in [3.05, 3.63) is 11.3 Å². The molecule has 320 valence electrons. The van der Waals surface area contributed by atoms with Gasteiger partial charge in [-0.1, -0.05) is 13.8 Å². The predicted octanol–water partition coefficient (Wildman–Crippen LogP) is 4.51. The van der Waals surface area contributed by atoms with Crippen molar-refractivity contribution in [2.45, 2.75) is 180 Å². The molecule has 0 N–H and O–H groups in total. The van der Waals surface area contributed by atoms with Crippen LogP contribution in [0.3, 0.4) is 0 Å². The number of nitrogens with zero attached hydrogens (tertiary/aromatic N) is 1. The fraction of sp³-hybridized carbons (Fsp3) is 0.854. The molecule has 2 bridgehead atoms. The van der Waals surface area contributed by atoms with Gasteiger partial charge >= 0.3 is 11.9 Å². The zero-order chi connectivity index (χ0) is 42.1. The standard InChI is InChI=1S/C41H67NO14/c1-16-29-41(11,48-15)34(45)23(4)31-21(2)18-40(10,56-31)35(55-38-33(52-27(8)44)28(42(12)13)17-22(3)50-38)24(5)32(25(6)37(46)53-29)54-30-19-39(9,47-14)36(49-20-43)26(7)51-30/h20,22-26,28-30,32-33,35-36,38H,16-19H2,1-15H3/t22-,23?,24?,25-,26+,28+,29+,30?,32-,33-,35+,36+,38+,39-,40?,41+/m1/s1. The van der Waals surface area contributed by atoms with Crippen molar-refractivity contribution >= 4 is 24.2 Å². The highest BCUT2D eigenvalue weighted by atomic mass is 16.7. The van der Waals surface area contributed by atoms with Crippen LogP contribution in [0, 0.1) is 17.8 Å². The van der Waals surface area contributed by atoms with E-state index in [-0.39, 0.29) is 24.3 Å². The van der Waals surface area contributed by atoms with Crippen LogP contribution in [-0.2, 0) is 66.5 Å². The van der Waals surface area contributed by atoms with Gasteiger partial charge < -0.3 is 52.3 Å². The Morgan fingerprint density at radius 3 is 2.18 bits per heavy atom. The highest BCUT2D eigenvalue weighted by Gasteiger charge is 2.57. The number of Topliss-reactive ketones (excluding diaryl/α,β-unsaturated/α-hetero) is 1. The van der Waals surface area contributed by atoms with Crippen LogP contribution in [0.2, 0.25) is 0 Å². The fourth-order valence-corrected chi connectivity index (χ4v) is 9.38. The van der Waals surface area contributed by atoms with Crippen molar-refractivity contribution in [3.63, 3.8) is 0 Å². The van der Waals surface area contributed by atoms with Gasteiger partial charge in [-0.15, -0.1) is 0 Å². The third kappa shape index (κ3) is 9.14. The van der Waals surface area contributed by atoms with Gasteiger partial charge in [-0.25, -0.2) is 0 Å². The molecule has 0 aliphatic carbocycles. The lowest BCUT2D eigenvalue weighted by Gasteiger charge is -2.49. The molecule has 0 saturated carbocycles. The quantitative estimate of drug-likeness (QED) is 0.163. The summed E-state index contributed by atoms with van der Waals surface area (Å²) in [6.45, 7) is 19.9. The molecule has 56 heavy (non-hydrogen) atoms. The van der Waals surface area contributed by atoms with Crippen molar-refractivity contribution < 1.29 is 66.5 Å². The number of ether oxygens (including phenoxy) is 10. The van der Waals surface area contributed by atoms with E-state index in [1.165, 1.54) is 21.1 Å². The van der Waals surface area contributed by atoms with Gasteiger partial charge in [-0.05, 0) is 87.9 Å². The number of cyclic esters (lactones) is 1. The number of rotatable bonds is 11. The van der Waals surface area contributed by atoms with E-state index in [9.17, 15) is 19.2 Å². The van der Waals surface area contributed by atoms with E-state index in [1.807, 2.05) is 60.5 Å². The third-order valence-electron chi connectivity index (χ3n) is 12.6. The van der Waals surface area contributed by atoms with Crippen molar-refractivity contribution in [2.24, 2.45) is 17.8 Å². The molecule has 4 rings (SSSR count). The molecule has 4 heterocycles. The Balaban J connectivity index is 1.89. The number of carbonyl (C=O) groups excluding carboxylic acids is 4. The van der Waals surface area contributed by atoms with Crippen LogP contribution >= 0.6 is 0 Å². The van der Waals surface area contributed by atoms with Crippen LogP contribution in [0.15, 0.2) is 11.3 Å². The molecule has 0 radical (unpaired) electrons. The first-order valence-electron chi connectivity index (χ1n) is 19.9. The molecule has 4 aliphatic rings. The summed E-state index contributed by atoms with van der Waals surface area (Å²) in [7, 11) is 6.78. The van der Waals surface area contributed by atoms with E-state index in [4.69, 9.17) is 47.4 Å². The van der Waals surface area contributed by atoms with Gasteiger partial charge in [0.15, 0.2) is 36.2 Å². The largest absolute Gasteiger partial charge is 0.488 e. The van der Waals surface area contributed by atoms with E-state index < -0.39 is 95.7 Å². The summed E-state index contributed by atoms with van der Waals surface area (Å²) >= 11 is 0. The molecule has 3 saturated heterocycles. The average molecular weight is 798 g/mol. The van der Waals surface area contributed by atoms with E-state index in [0.29, 0.717) is 31.5 Å². The lowest BCUT2D eigenvalue weighted by molar-refractivity contribution is -0.317. The molecule has 15 heteroatoms. The highest BCUT2D eigenvalue weighted by Crippen LogP contribution is 2.47. The first kappa shape index (κ1) is 46.0. The number of hydrogen-bond acceptors (Lipinski definition) is 15. The van der Waals surface area contributed by atoms with Crippen LogP contribution < -0.4 is 0 Å². The Bertz CT molecular complexity index is 1450. The van der Waals surface area contributed by atoms with Gasteiger partial charge in [0, 0.05) is 39.9 Å². The minimum Gasteiger partial charge on any atom is -0.488 e. The molecule has 4 unspecified atom stereocenters. The van der Waals surface area contributed by atoms with E-state index in [0.717, 1.165) is 5.57 Å². The lowest BCUT2D eigenvalue weighted by Crippen LogP contribution is -2.61. The monoisotopic (exact) mass is 797 g/mol. The molecule has 16 atom stereocenters. The summed E-state index contributed by atoms with van der Waals surface area (Å²) < 4.78 is 63.0. The summed E-state index contributed by atoms with van der Waals surface area (Å²) in [4.78, 5) is 54.9. The Morgan fingerprint density at radius 1 is 0.964 bits per heavy atom. The number of ketones is 1. The minimum atomic E-state index is -1.51. The number of carbonyl (C=O) groups is 4. The number of esters is 2. The Labute approximate surface area is 332 Å². The second-order valence-corrected chi connectivity index (χ2v) is 17.1. The maximum atomic E-state index is 14.4. The molecular formula is C41H67NO14. The molecule has 0 aromatic heterocycles. The molecule has 0 aromatic rings. The van der Waals surface area contributed by atoms with Crippen LogP contribution in [-0.4, -0.2) is 136 Å². The normalized spacial score (nSPS) is 43.9. The maximum Gasteiger partial charge on any atom is 0.311 e. The number of hydrogen-bond donors (Lipinski definition) is 0. The Morgan fingerprint density at radius 2 is 1.62 bits per heavy atom. The van der Waals surface area contributed by atoms with Gasteiger partial charge in [0.1, 0.15) is 29.2 Å². The summed E-state index contributed by atoms with van der Waals surface area (Å²) in [6.07, 6.45) is -5.85. The SMILES string of the molecule is CC[C@@H]1OC(=O)[C@H](C)[C@H](OC2C[C@@](C)(OC)[C@@H](OC=O)[C@H](C)O2)C(C)[C@H](O[C@@H]2O[C@H](C)C[C@H](N(C)C)[C@H]2OC(C)=O)C2(C)CC(C)=C(O2)C(C)C(=O)[C@@]1(C)OC. The first-order valence-corrected chi connectivity index (χ1v) is 19.9. The van der Waals surface area contributed by atoms with Gasteiger partial charge in [0.25, 0.3) is 6.47 Å². The van der Waals surface area contributed by atoms with Crippen LogP contribution in [0.1, 0.15) is 102 Å². The average Bonchev–Trinajstić information content (AvgIpc) is 3.45. The van der Waals surface area contributed by atoms with E-state index in [2.05, 4.69) is 0 Å². The molecular weight excluding hydrogens is 730 g/mol. The Kier molecular flexibility index (Phi) is 14.9. The van der Waals surface area contributed by atoms with Crippen LogP contribution in [0.25, 0.3) is 0 Å². The van der Waals surface area contributed by atoms with Gasteiger partial charge in [-0.3, -0.25) is 19.2 Å². The van der Waals surface area contributed by atoms with Crippen LogP contribution in [0.4, 0.5) is 0 Å². The molecule has 0 aromatic carbocycles. The predicted molar refractivity (Wildman–Crippen MR) is 202 cm³/mol. The van der Waals surface area contributed by atoms with Gasteiger partial charge in [0.05, 0.1) is 36.2 Å².